The van der Waals surface area contributed by atoms with Crippen molar-refractivity contribution >= 4 is 44.6 Å². The molecule has 0 spiro atoms. The number of hydrogen-bond acceptors (Lipinski definition) is 6. The van der Waals surface area contributed by atoms with E-state index >= 15 is 0 Å². The molecule has 1 amide bonds. The van der Waals surface area contributed by atoms with Crippen LogP contribution in [-0.4, -0.2) is 53.9 Å². The summed E-state index contributed by atoms with van der Waals surface area (Å²) in [6, 6.07) is 25.0. The average molecular weight is 498 g/mol. The number of nitrogens with one attached hydrogen (secondary N) is 2. The van der Waals surface area contributed by atoms with E-state index in [0.717, 1.165) is 15.8 Å². The molecule has 2 heterocycles. The third-order valence-electron chi connectivity index (χ3n) is 6.29. The first kappa shape index (κ1) is 23.7. The summed E-state index contributed by atoms with van der Waals surface area (Å²) in [7, 11) is 3.98. The van der Waals surface area contributed by atoms with Gasteiger partial charge in [0, 0.05) is 17.8 Å². The first-order chi connectivity index (χ1) is 17.4. The monoisotopic (exact) mass is 497 g/mol. The predicted molar refractivity (Wildman–Crippen MR) is 146 cm³/mol. The fourth-order valence-electron chi connectivity index (χ4n) is 4.38. The average Bonchev–Trinajstić information content (AvgIpc) is 3.44. The van der Waals surface area contributed by atoms with Gasteiger partial charge >= 0.3 is 0 Å². The second kappa shape index (κ2) is 9.93. The number of amides is 1. The molecular weight excluding hydrogens is 470 g/mol. The van der Waals surface area contributed by atoms with E-state index in [0.29, 0.717) is 28.4 Å². The number of anilines is 1. The van der Waals surface area contributed by atoms with Gasteiger partial charge in [-0.1, -0.05) is 48.5 Å². The molecule has 1 atom stereocenters. The van der Waals surface area contributed by atoms with Gasteiger partial charge < -0.3 is 20.2 Å². The number of para-hydroxylation sites is 1. The van der Waals surface area contributed by atoms with Crippen molar-refractivity contribution in [2.45, 2.75) is 6.04 Å². The van der Waals surface area contributed by atoms with E-state index in [1.165, 1.54) is 11.3 Å². The maximum Gasteiger partial charge on any atom is 0.251 e. The Morgan fingerprint density at radius 2 is 1.86 bits per heavy atom. The SMILES string of the molecule is CN(C)[C@@H](CNC(=O)c1cccc(N2CC(O)=C(c3nc4ccccc4s3)C2=N)c1)c1ccccc1. The van der Waals surface area contributed by atoms with Gasteiger partial charge in [0.05, 0.1) is 28.4 Å². The number of aromatic nitrogens is 1. The molecule has 0 unspecified atom stereocenters. The van der Waals surface area contributed by atoms with Crippen LogP contribution in [0.25, 0.3) is 15.8 Å². The van der Waals surface area contributed by atoms with Crippen LogP contribution in [0.2, 0.25) is 0 Å². The van der Waals surface area contributed by atoms with Crippen LogP contribution in [0.4, 0.5) is 5.69 Å². The van der Waals surface area contributed by atoms with Crippen molar-refractivity contribution in [3.05, 3.63) is 101 Å². The Hall–Kier alpha value is -4.01. The summed E-state index contributed by atoms with van der Waals surface area (Å²) in [5.74, 6) is 0.0837. The van der Waals surface area contributed by atoms with E-state index in [2.05, 4.69) is 27.3 Å². The summed E-state index contributed by atoms with van der Waals surface area (Å²) in [5.41, 5.74) is 3.57. The number of rotatable bonds is 7. The minimum atomic E-state index is -0.186. The van der Waals surface area contributed by atoms with Crippen molar-refractivity contribution in [1.82, 2.24) is 15.2 Å². The standard InChI is InChI=1S/C28H27N5O2S/c1-32(2)22(18-9-4-3-5-10-18)16-30-27(35)19-11-8-12-20(15-19)33-17-23(34)25(26(33)29)28-31-21-13-6-7-14-24(21)36-28/h3-15,22,29,34H,16-17H2,1-2H3,(H,30,35)/t22-/m0/s1. The maximum absolute atomic E-state index is 13.0. The Morgan fingerprint density at radius 1 is 1.11 bits per heavy atom. The molecule has 0 saturated heterocycles. The highest BCUT2D eigenvalue weighted by molar-refractivity contribution is 7.19. The Morgan fingerprint density at radius 3 is 2.61 bits per heavy atom. The first-order valence-corrected chi connectivity index (χ1v) is 12.5. The van der Waals surface area contributed by atoms with E-state index in [1.54, 1.807) is 23.1 Å². The fourth-order valence-corrected chi connectivity index (χ4v) is 5.42. The number of fused-ring (bicyclic) bond motifs is 1. The zero-order valence-corrected chi connectivity index (χ0v) is 20.9. The third kappa shape index (κ3) is 4.60. The fraction of sp³-hybridized carbons (Fsp3) is 0.179. The van der Waals surface area contributed by atoms with Crippen molar-refractivity contribution in [1.29, 1.82) is 5.41 Å². The lowest BCUT2D eigenvalue weighted by Crippen LogP contribution is -2.34. The topological polar surface area (TPSA) is 92.6 Å². The molecule has 3 N–H and O–H groups in total. The molecule has 5 rings (SSSR count). The molecule has 0 fully saturated rings. The van der Waals surface area contributed by atoms with Crippen molar-refractivity contribution < 1.29 is 9.90 Å². The lowest BCUT2D eigenvalue weighted by Gasteiger charge is -2.25. The lowest BCUT2D eigenvalue weighted by atomic mass is 10.1. The highest BCUT2D eigenvalue weighted by Gasteiger charge is 2.31. The highest BCUT2D eigenvalue weighted by atomic mass is 32.1. The third-order valence-corrected chi connectivity index (χ3v) is 7.35. The van der Waals surface area contributed by atoms with Gasteiger partial charge in [0.25, 0.3) is 5.91 Å². The van der Waals surface area contributed by atoms with Crippen LogP contribution in [0.3, 0.4) is 0 Å². The van der Waals surface area contributed by atoms with Crippen LogP contribution in [0.1, 0.15) is 27.0 Å². The van der Waals surface area contributed by atoms with E-state index in [4.69, 9.17) is 5.41 Å². The number of hydrogen-bond donors (Lipinski definition) is 3. The maximum atomic E-state index is 13.0. The molecule has 0 bridgehead atoms. The van der Waals surface area contributed by atoms with Gasteiger partial charge in [-0.3, -0.25) is 10.2 Å². The summed E-state index contributed by atoms with van der Waals surface area (Å²) in [4.78, 5) is 21.4. The van der Waals surface area contributed by atoms with E-state index < -0.39 is 0 Å². The number of thiazole rings is 1. The molecule has 7 nitrogen and oxygen atoms in total. The van der Waals surface area contributed by atoms with Crippen LogP contribution in [-0.2, 0) is 0 Å². The normalized spacial score (nSPS) is 14.6. The van der Waals surface area contributed by atoms with Crippen molar-refractivity contribution in [2.24, 2.45) is 0 Å². The van der Waals surface area contributed by atoms with Crippen molar-refractivity contribution in [3.63, 3.8) is 0 Å². The highest BCUT2D eigenvalue weighted by Crippen LogP contribution is 2.35. The molecule has 4 aromatic rings. The number of benzene rings is 3. The van der Waals surface area contributed by atoms with Gasteiger partial charge in [-0.2, -0.15) is 0 Å². The number of aliphatic hydroxyl groups is 1. The van der Waals surface area contributed by atoms with E-state index in [1.807, 2.05) is 62.6 Å². The van der Waals surface area contributed by atoms with Crippen molar-refractivity contribution in [2.75, 3.05) is 32.1 Å². The molecule has 36 heavy (non-hydrogen) atoms. The molecule has 3 aromatic carbocycles. The van der Waals surface area contributed by atoms with Gasteiger partial charge in [-0.15, -0.1) is 11.3 Å². The van der Waals surface area contributed by atoms with Crippen LogP contribution < -0.4 is 10.2 Å². The van der Waals surface area contributed by atoms with Crippen LogP contribution in [0.5, 0.6) is 0 Å². The van der Waals surface area contributed by atoms with Gasteiger partial charge in [0.2, 0.25) is 0 Å². The Bertz CT molecular complexity index is 1430. The molecule has 1 aliphatic heterocycles. The lowest BCUT2D eigenvalue weighted by molar-refractivity contribution is 0.0942. The minimum absolute atomic E-state index is 0.0441. The summed E-state index contributed by atoms with van der Waals surface area (Å²) in [6.07, 6.45) is 0. The zero-order valence-electron chi connectivity index (χ0n) is 20.1. The molecule has 0 aliphatic carbocycles. The molecule has 0 radical (unpaired) electrons. The summed E-state index contributed by atoms with van der Waals surface area (Å²) in [6.45, 7) is 0.621. The van der Waals surface area contributed by atoms with Gasteiger partial charge in [-0.05, 0) is 50.0 Å². The Kier molecular flexibility index (Phi) is 6.54. The number of likely N-dealkylation sites (N-methyl/N-ethyl adjacent to an activating group) is 1. The Labute approximate surface area is 213 Å². The molecule has 8 heteroatoms. The summed E-state index contributed by atoms with van der Waals surface area (Å²) >= 11 is 1.45. The summed E-state index contributed by atoms with van der Waals surface area (Å²) < 4.78 is 1.00. The number of carbonyl (C=O) groups excluding carboxylic acids is 1. The first-order valence-electron chi connectivity index (χ1n) is 11.7. The van der Waals surface area contributed by atoms with Crippen LogP contribution in [0, 0.1) is 5.41 Å². The second-order valence-corrected chi connectivity index (χ2v) is 9.92. The number of amidine groups is 1. The van der Waals surface area contributed by atoms with E-state index in [-0.39, 0.29) is 30.1 Å². The smallest absolute Gasteiger partial charge is 0.251 e. The van der Waals surface area contributed by atoms with Gasteiger partial charge in [0.1, 0.15) is 16.6 Å². The predicted octanol–water partition coefficient (Wildman–Crippen LogP) is 5.10. The van der Waals surface area contributed by atoms with E-state index in [9.17, 15) is 9.90 Å². The molecule has 1 aromatic heterocycles. The van der Waals surface area contributed by atoms with Gasteiger partial charge in [0.15, 0.2) is 0 Å². The Balaban J connectivity index is 1.32. The molecule has 0 saturated carbocycles. The largest absolute Gasteiger partial charge is 0.510 e. The van der Waals surface area contributed by atoms with Crippen molar-refractivity contribution in [3.8, 4) is 0 Å². The number of aliphatic hydroxyl groups excluding tert-OH is 1. The summed E-state index contributed by atoms with van der Waals surface area (Å²) in [5, 5.41) is 23.2. The van der Waals surface area contributed by atoms with Crippen LogP contribution in [0.15, 0.2) is 84.6 Å². The quantitative estimate of drug-likeness (QED) is 0.331. The minimum Gasteiger partial charge on any atom is -0.510 e. The molecule has 182 valence electrons. The zero-order chi connectivity index (χ0) is 25.2. The van der Waals surface area contributed by atoms with Gasteiger partial charge in [-0.25, -0.2) is 4.98 Å². The molecular formula is C28H27N5O2S. The second-order valence-electron chi connectivity index (χ2n) is 8.89. The number of nitrogens with zero attached hydrogens (tertiary/aromatic N) is 3. The number of carbonyl (C=O) groups is 1. The van der Waals surface area contributed by atoms with Crippen LogP contribution >= 0.6 is 11.3 Å². The molecule has 1 aliphatic rings.